The molecule has 0 saturated heterocycles. The van der Waals surface area contributed by atoms with Crippen molar-refractivity contribution in [1.29, 1.82) is 0 Å². The maximum absolute atomic E-state index is 13.2. The number of aliphatic hydroxyl groups is 1. The van der Waals surface area contributed by atoms with Crippen molar-refractivity contribution in [3.05, 3.63) is 88.1 Å². The molecule has 0 saturated carbocycles. The first-order chi connectivity index (χ1) is 16.1. The minimum atomic E-state index is -4.16. The molecule has 8 heteroatoms. The number of aliphatic hydroxyl groups excluding tert-OH is 1. The third-order valence-corrected chi connectivity index (χ3v) is 8.13. The Kier molecular flexibility index (Phi) is 6.52. The van der Waals surface area contributed by atoms with Gasteiger partial charge < -0.3 is 9.84 Å². The molecule has 0 spiro atoms. The molecule has 0 bridgehead atoms. The van der Waals surface area contributed by atoms with E-state index in [-0.39, 0.29) is 10.8 Å². The van der Waals surface area contributed by atoms with Crippen LogP contribution in [-0.4, -0.2) is 36.7 Å². The van der Waals surface area contributed by atoms with Crippen molar-refractivity contribution in [2.45, 2.75) is 57.6 Å². The predicted molar refractivity (Wildman–Crippen MR) is 131 cm³/mol. The molecule has 2 unspecified atom stereocenters. The van der Waals surface area contributed by atoms with Gasteiger partial charge in [0, 0.05) is 19.3 Å². The third-order valence-electron chi connectivity index (χ3n) is 6.78. The van der Waals surface area contributed by atoms with Crippen molar-refractivity contribution in [3.8, 4) is 5.75 Å². The second-order valence-electron chi connectivity index (χ2n) is 9.07. The van der Waals surface area contributed by atoms with Gasteiger partial charge in [0.25, 0.3) is 10.0 Å². The standard InChI is InChI=1S/C26H31N3O4S/c1-17-13-18(2)21(19(3)14-17)16-29-15-20-9-6-7-10-22(20)26(29,4)25(30)28-34(31,32)24-23(33-5)11-8-12-27-24/h6-14,25,28,30H,15-16H2,1-5H3. The topological polar surface area (TPSA) is 91.8 Å². The molecular formula is C26H31N3O4S. The number of nitrogens with one attached hydrogen (secondary N) is 1. The fraction of sp³-hybridized carbons (Fsp3) is 0.346. The molecular weight excluding hydrogens is 450 g/mol. The number of rotatable bonds is 7. The highest BCUT2D eigenvalue weighted by Crippen LogP contribution is 2.43. The van der Waals surface area contributed by atoms with Gasteiger partial charge in [0.1, 0.15) is 6.23 Å². The van der Waals surface area contributed by atoms with Gasteiger partial charge in [0.05, 0.1) is 12.6 Å². The van der Waals surface area contributed by atoms with Gasteiger partial charge in [-0.25, -0.2) is 13.4 Å². The summed E-state index contributed by atoms with van der Waals surface area (Å²) >= 11 is 0. The fourth-order valence-electron chi connectivity index (χ4n) is 4.93. The first kappa shape index (κ1) is 24.3. The molecule has 7 nitrogen and oxygen atoms in total. The lowest BCUT2D eigenvalue weighted by atomic mass is 9.89. The molecule has 3 aromatic rings. The van der Waals surface area contributed by atoms with Gasteiger partial charge in [-0.1, -0.05) is 42.0 Å². The zero-order valence-electron chi connectivity index (χ0n) is 20.2. The van der Waals surface area contributed by atoms with E-state index in [4.69, 9.17) is 4.74 Å². The number of hydrogen-bond donors (Lipinski definition) is 2. The van der Waals surface area contributed by atoms with Gasteiger partial charge in [-0.3, -0.25) is 4.90 Å². The summed E-state index contributed by atoms with van der Waals surface area (Å²) in [6, 6.07) is 15.2. The van der Waals surface area contributed by atoms with Gasteiger partial charge in [-0.05, 0) is 67.6 Å². The lowest BCUT2D eigenvalue weighted by Crippen LogP contribution is -2.55. The summed E-state index contributed by atoms with van der Waals surface area (Å²) in [5.41, 5.74) is 5.65. The number of hydrogen-bond acceptors (Lipinski definition) is 6. The molecule has 2 aromatic carbocycles. The van der Waals surface area contributed by atoms with Crippen LogP contribution in [0.4, 0.5) is 0 Å². The maximum Gasteiger partial charge on any atom is 0.264 e. The molecule has 180 valence electrons. The van der Waals surface area contributed by atoms with Gasteiger partial charge in [0.2, 0.25) is 5.03 Å². The molecule has 4 rings (SSSR count). The second-order valence-corrected chi connectivity index (χ2v) is 10.7. The quantitative estimate of drug-likeness (QED) is 0.502. The maximum atomic E-state index is 13.2. The van der Waals surface area contributed by atoms with Crippen LogP contribution in [0.2, 0.25) is 0 Å². The zero-order valence-corrected chi connectivity index (χ0v) is 21.0. The highest BCUT2D eigenvalue weighted by atomic mass is 32.2. The molecule has 0 radical (unpaired) electrons. The Morgan fingerprint density at radius 3 is 2.50 bits per heavy atom. The average Bonchev–Trinajstić information content (AvgIpc) is 3.08. The fourth-order valence-corrected chi connectivity index (χ4v) is 6.18. The number of methoxy groups -OCH3 is 1. The first-order valence-electron chi connectivity index (χ1n) is 11.2. The van der Waals surface area contributed by atoms with Crippen LogP contribution in [0.25, 0.3) is 0 Å². The second kappa shape index (κ2) is 9.11. The number of aryl methyl sites for hydroxylation is 3. The van der Waals surface area contributed by atoms with Gasteiger partial charge in [0.15, 0.2) is 5.75 Å². The Balaban J connectivity index is 1.73. The average molecular weight is 482 g/mol. The highest BCUT2D eigenvalue weighted by Gasteiger charge is 2.48. The number of benzene rings is 2. The zero-order chi connectivity index (χ0) is 24.7. The molecule has 2 atom stereocenters. The highest BCUT2D eigenvalue weighted by molar-refractivity contribution is 7.89. The van der Waals surface area contributed by atoms with Crippen molar-refractivity contribution >= 4 is 10.0 Å². The molecule has 34 heavy (non-hydrogen) atoms. The van der Waals surface area contributed by atoms with E-state index in [1.165, 1.54) is 41.6 Å². The summed E-state index contributed by atoms with van der Waals surface area (Å²) in [6.07, 6.45) is -0.0513. The van der Waals surface area contributed by atoms with Crippen LogP contribution in [-0.2, 0) is 28.7 Å². The van der Waals surface area contributed by atoms with Crippen molar-refractivity contribution in [1.82, 2.24) is 14.6 Å². The largest absolute Gasteiger partial charge is 0.494 e. The van der Waals surface area contributed by atoms with Crippen LogP contribution in [0.5, 0.6) is 5.75 Å². The van der Waals surface area contributed by atoms with Crippen LogP contribution >= 0.6 is 0 Å². The predicted octanol–water partition coefficient (Wildman–Crippen LogP) is 3.54. The van der Waals surface area contributed by atoms with Crippen LogP contribution in [0.3, 0.4) is 0 Å². The number of nitrogens with zero attached hydrogens (tertiary/aromatic N) is 2. The van der Waals surface area contributed by atoms with Crippen LogP contribution in [0.15, 0.2) is 59.8 Å². The van der Waals surface area contributed by atoms with Crippen LogP contribution < -0.4 is 9.46 Å². The molecule has 0 fully saturated rings. The number of fused-ring (bicyclic) bond motifs is 1. The number of aromatic nitrogens is 1. The number of ether oxygens (including phenoxy) is 1. The lowest BCUT2D eigenvalue weighted by Gasteiger charge is -2.40. The minimum absolute atomic E-state index is 0.113. The molecule has 1 aliphatic heterocycles. The minimum Gasteiger partial charge on any atom is -0.494 e. The Morgan fingerprint density at radius 2 is 1.82 bits per heavy atom. The third kappa shape index (κ3) is 4.22. The molecule has 2 N–H and O–H groups in total. The normalized spacial score (nSPS) is 19.1. The Labute approximate surface area is 201 Å². The summed E-state index contributed by atoms with van der Waals surface area (Å²) in [7, 11) is -2.78. The van der Waals surface area contributed by atoms with E-state index in [1.807, 2.05) is 31.2 Å². The molecule has 1 aromatic heterocycles. The molecule has 0 aliphatic carbocycles. The monoisotopic (exact) mass is 481 g/mol. The van der Waals surface area contributed by atoms with E-state index >= 15 is 0 Å². The summed E-state index contributed by atoms with van der Waals surface area (Å²) in [6.45, 7) is 9.27. The van der Waals surface area contributed by atoms with Crippen molar-refractivity contribution in [2.75, 3.05) is 7.11 Å². The lowest BCUT2D eigenvalue weighted by molar-refractivity contribution is -0.0275. The molecule has 1 aliphatic rings. The van der Waals surface area contributed by atoms with E-state index in [0.717, 1.165) is 11.1 Å². The van der Waals surface area contributed by atoms with Crippen LogP contribution in [0.1, 0.15) is 40.3 Å². The molecule has 0 amide bonds. The Bertz CT molecular complexity index is 1300. The van der Waals surface area contributed by atoms with E-state index < -0.39 is 21.8 Å². The SMILES string of the molecule is COc1cccnc1S(=O)(=O)NC(O)C1(C)c2ccccc2CN1Cc1c(C)cc(C)cc1C. The number of pyridine rings is 1. The summed E-state index contributed by atoms with van der Waals surface area (Å²) in [5.74, 6) is 0.113. The summed E-state index contributed by atoms with van der Waals surface area (Å²) < 4.78 is 34.1. The van der Waals surface area contributed by atoms with Crippen molar-refractivity contribution in [3.63, 3.8) is 0 Å². The van der Waals surface area contributed by atoms with E-state index in [0.29, 0.717) is 13.1 Å². The summed E-state index contributed by atoms with van der Waals surface area (Å²) in [4.78, 5) is 6.12. The van der Waals surface area contributed by atoms with E-state index in [9.17, 15) is 13.5 Å². The Hall–Kier alpha value is -2.78. The van der Waals surface area contributed by atoms with E-state index in [1.54, 1.807) is 6.07 Å². The van der Waals surface area contributed by atoms with Gasteiger partial charge in [-0.15, -0.1) is 0 Å². The Morgan fingerprint density at radius 1 is 1.15 bits per heavy atom. The van der Waals surface area contributed by atoms with Gasteiger partial charge >= 0.3 is 0 Å². The smallest absolute Gasteiger partial charge is 0.264 e. The summed E-state index contributed by atoms with van der Waals surface area (Å²) in [5, 5.41) is 11.2. The van der Waals surface area contributed by atoms with Crippen LogP contribution in [0, 0.1) is 20.8 Å². The van der Waals surface area contributed by atoms with E-state index in [2.05, 4.69) is 47.5 Å². The van der Waals surface area contributed by atoms with Gasteiger partial charge in [-0.2, -0.15) is 4.72 Å². The number of sulfonamides is 1. The van der Waals surface area contributed by atoms with Crippen molar-refractivity contribution < 1.29 is 18.3 Å². The molecule has 2 heterocycles. The first-order valence-corrected chi connectivity index (χ1v) is 12.7. The van der Waals surface area contributed by atoms with Crippen molar-refractivity contribution in [2.24, 2.45) is 0 Å².